The fourth-order valence-electron chi connectivity index (χ4n) is 12.6. The lowest BCUT2D eigenvalue weighted by Crippen LogP contribution is -2.55. The highest BCUT2D eigenvalue weighted by Crippen LogP contribution is 2.88. The number of carboxylic acid groups (broad SMARTS) is 1. The molecule has 0 bridgehead atoms. The van der Waals surface area contributed by atoms with Crippen molar-refractivity contribution in [1.82, 2.24) is 15.1 Å². The normalized spacial score (nSPS) is 34.8. The van der Waals surface area contributed by atoms with Gasteiger partial charge in [0, 0.05) is 43.3 Å². The molecule has 5 saturated carbocycles. The van der Waals surface area contributed by atoms with E-state index in [9.17, 15) is 24.3 Å². The van der Waals surface area contributed by atoms with E-state index in [0.717, 1.165) is 77.3 Å². The number of carboxylic acids is 1. The van der Waals surface area contributed by atoms with Crippen molar-refractivity contribution >= 4 is 29.4 Å². The molecule has 0 unspecified atom stereocenters. The van der Waals surface area contributed by atoms with Gasteiger partial charge in [-0.3, -0.25) is 28.9 Å². The predicted molar refractivity (Wildman–Crippen MR) is 204 cm³/mol. The molecule has 2 amide bonds. The quantitative estimate of drug-likeness (QED) is 0.196. The molecule has 7 rings (SSSR count). The van der Waals surface area contributed by atoms with Crippen LogP contribution in [0.25, 0.3) is 0 Å². The van der Waals surface area contributed by atoms with Gasteiger partial charge in [-0.05, 0) is 98.8 Å². The first-order chi connectivity index (χ1) is 25.0. The van der Waals surface area contributed by atoms with Crippen molar-refractivity contribution in [3.8, 4) is 0 Å². The molecule has 9 heteroatoms. The number of hydrogen-bond donors (Lipinski definition) is 2. The lowest BCUT2D eigenvalue weighted by Gasteiger charge is -2.42. The van der Waals surface area contributed by atoms with Gasteiger partial charge in [0.1, 0.15) is 0 Å². The average Bonchev–Trinajstić information content (AvgIpc) is 3.80. The first kappa shape index (κ1) is 38.7. The van der Waals surface area contributed by atoms with E-state index in [1.807, 2.05) is 25.7 Å². The Morgan fingerprint density at radius 1 is 0.906 bits per heavy atom. The third-order valence-corrected chi connectivity index (χ3v) is 16.6. The van der Waals surface area contributed by atoms with Crippen LogP contribution in [0.1, 0.15) is 144 Å². The van der Waals surface area contributed by atoms with E-state index in [4.69, 9.17) is 0 Å². The Morgan fingerprint density at radius 3 is 2.13 bits per heavy atom. The van der Waals surface area contributed by atoms with Gasteiger partial charge in [0.15, 0.2) is 11.6 Å². The summed E-state index contributed by atoms with van der Waals surface area (Å²) in [6, 6.07) is -0.832. The van der Waals surface area contributed by atoms with Crippen LogP contribution in [0.3, 0.4) is 0 Å². The molecule has 5 aliphatic carbocycles. The molecule has 7 fully saturated rings. The maximum Gasteiger partial charge on any atom is 0.310 e. The fourth-order valence-corrected chi connectivity index (χ4v) is 12.6. The molecule has 0 aromatic carbocycles. The van der Waals surface area contributed by atoms with Gasteiger partial charge < -0.3 is 15.3 Å². The van der Waals surface area contributed by atoms with Crippen LogP contribution < -0.4 is 5.32 Å². The lowest BCUT2D eigenvalue weighted by molar-refractivity contribution is -0.148. The standard InChI is InChI=1S/C44H67N3O6/c1-7-30-23-42(30,39(52)53)25-35(49)33-24-44(41(5,6)43(44)19-13-20-43)27-47(33)38(51)32(28-14-9-8-10-15-28)22-34(48)36(40(2,3)4)45-37(50)29-16-12-21-46(26-29)31-17-11-18-31/h7,28-33,36H,1,8-27H2,2-6H3,(H,45,50)(H,52,53)/t29-,30-,32+,33+,36-,42-,44-/m1/s1. The van der Waals surface area contributed by atoms with Crippen LogP contribution in [0.2, 0.25) is 0 Å². The van der Waals surface area contributed by atoms with Crippen molar-refractivity contribution in [3.05, 3.63) is 12.7 Å². The number of nitrogens with one attached hydrogen (secondary N) is 1. The van der Waals surface area contributed by atoms with Crippen molar-refractivity contribution in [3.63, 3.8) is 0 Å². The molecule has 2 saturated heterocycles. The zero-order valence-electron chi connectivity index (χ0n) is 33.4. The second-order valence-electron chi connectivity index (χ2n) is 20.4. The Bertz CT molecular complexity index is 1500. The fraction of sp³-hybridized carbons (Fsp3) is 0.841. The maximum atomic E-state index is 15.2. The monoisotopic (exact) mass is 734 g/mol. The number of aliphatic carboxylic acids is 1. The third-order valence-electron chi connectivity index (χ3n) is 16.6. The van der Waals surface area contributed by atoms with E-state index in [0.29, 0.717) is 25.4 Å². The molecule has 2 heterocycles. The zero-order chi connectivity index (χ0) is 38.1. The number of amides is 2. The molecule has 7 aliphatic rings. The molecule has 2 N–H and O–H groups in total. The topological polar surface area (TPSA) is 124 Å². The van der Waals surface area contributed by atoms with E-state index in [1.165, 1.54) is 19.3 Å². The first-order valence-corrected chi connectivity index (χ1v) is 21.3. The van der Waals surface area contributed by atoms with Crippen molar-refractivity contribution in [2.24, 2.45) is 50.7 Å². The molecule has 2 spiro atoms. The number of piperidine rings is 1. The SMILES string of the molecule is C=C[C@@H]1C[C@]1(CC(=O)[C@@H]1C[C@@]2(CN1C(=O)[C@@H](CC(=O)[C@@H](NC(=O)[C@@H]1CCCN(C3CCC3)C1)C(C)(C)C)C1CCCCC1)C(C)(C)C21CCC1)C(=O)O. The van der Waals surface area contributed by atoms with Crippen LogP contribution in [0.15, 0.2) is 12.7 Å². The molecular weight excluding hydrogens is 666 g/mol. The summed E-state index contributed by atoms with van der Waals surface area (Å²) < 4.78 is 0. The van der Waals surface area contributed by atoms with Crippen molar-refractivity contribution in [2.45, 2.75) is 162 Å². The van der Waals surface area contributed by atoms with Crippen LogP contribution in [0.5, 0.6) is 0 Å². The van der Waals surface area contributed by atoms with Crippen LogP contribution in [0, 0.1) is 50.7 Å². The van der Waals surface area contributed by atoms with E-state index in [2.05, 4.69) is 30.6 Å². The Hall–Kier alpha value is -2.55. The minimum absolute atomic E-state index is 0.0232. The Labute approximate surface area is 317 Å². The van der Waals surface area contributed by atoms with Gasteiger partial charge in [0.05, 0.1) is 23.4 Å². The number of fused-ring (bicyclic) bond motifs is 1. The number of ketones is 2. The molecule has 7 atom stereocenters. The molecule has 0 radical (unpaired) electrons. The second-order valence-corrected chi connectivity index (χ2v) is 20.4. The Balaban J connectivity index is 1.14. The highest BCUT2D eigenvalue weighted by molar-refractivity contribution is 5.97. The predicted octanol–water partition coefficient (Wildman–Crippen LogP) is 6.97. The summed E-state index contributed by atoms with van der Waals surface area (Å²) in [7, 11) is 0. The van der Waals surface area contributed by atoms with Gasteiger partial charge in [-0.1, -0.05) is 72.8 Å². The second kappa shape index (κ2) is 13.9. The highest BCUT2D eigenvalue weighted by atomic mass is 16.4. The molecule has 294 valence electrons. The summed E-state index contributed by atoms with van der Waals surface area (Å²) in [6.45, 7) is 16.7. The Morgan fingerprint density at radius 2 is 1.60 bits per heavy atom. The summed E-state index contributed by atoms with van der Waals surface area (Å²) in [5.41, 5.74) is -1.78. The molecular formula is C44H67N3O6. The number of nitrogens with zero attached hydrogens (tertiary/aromatic N) is 2. The summed E-state index contributed by atoms with van der Waals surface area (Å²) in [5, 5.41) is 13.4. The molecule has 0 aromatic rings. The maximum absolute atomic E-state index is 15.2. The number of carbonyl (C=O) groups is 5. The number of likely N-dealkylation sites (tertiary alicyclic amines) is 2. The van der Waals surface area contributed by atoms with E-state index in [1.54, 1.807) is 6.08 Å². The van der Waals surface area contributed by atoms with Crippen LogP contribution in [0.4, 0.5) is 0 Å². The van der Waals surface area contributed by atoms with Crippen LogP contribution in [-0.4, -0.2) is 82.0 Å². The number of rotatable bonds is 13. The van der Waals surface area contributed by atoms with E-state index < -0.39 is 34.8 Å². The molecule has 2 aliphatic heterocycles. The van der Waals surface area contributed by atoms with Gasteiger partial charge in [-0.15, -0.1) is 6.58 Å². The third kappa shape index (κ3) is 6.35. The summed E-state index contributed by atoms with van der Waals surface area (Å²) in [4.78, 5) is 75.0. The number of carbonyl (C=O) groups excluding carboxylic acids is 4. The smallest absolute Gasteiger partial charge is 0.310 e. The van der Waals surface area contributed by atoms with Gasteiger partial charge in [-0.25, -0.2) is 0 Å². The van der Waals surface area contributed by atoms with Gasteiger partial charge in [0.2, 0.25) is 11.8 Å². The number of allylic oxidation sites excluding steroid dienone is 1. The molecule has 9 nitrogen and oxygen atoms in total. The van der Waals surface area contributed by atoms with Gasteiger partial charge in [0.25, 0.3) is 0 Å². The van der Waals surface area contributed by atoms with Gasteiger partial charge in [-0.2, -0.15) is 0 Å². The van der Waals surface area contributed by atoms with Crippen molar-refractivity contribution in [2.75, 3.05) is 19.6 Å². The van der Waals surface area contributed by atoms with Crippen molar-refractivity contribution in [1.29, 1.82) is 0 Å². The van der Waals surface area contributed by atoms with Crippen LogP contribution in [-0.2, 0) is 24.0 Å². The van der Waals surface area contributed by atoms with Crippen LogP contribution >= 0.6 is 0 Å². The van der Waals surface area contributed by atoms with E-state index >= 15 is 4.79 Å². The zero-order valence-corrected chi connectivity index (χ0v) is 33.4. The number of hydrogen-bond acceptors (Lipinski definition) is 6. The first-order valence-electron chi connectivity index (χ1n) is 21.3. The number of Topliss-reactive ketones (excluding diaryl/α,β-unsaturated/α-hetero) is 2. The minimum atomic E-state index is -1.14. The molecule has 53 heavy (non-hydrogen) atoms. The van der Waals surface area contributed by atoms with Gasteiger partial charge >= 0.3 is 5.97 Å². The average molecular weight is 734 g/mol. The Kier molecular flexibility index (Phi) is 10.1. The lowest BCUT2D eigenvalue weighted by atomic mass is 9.73. The van der Waals surface area contributed by atoms with E-state index in [-0.39, 0.29) is 70.2 Å². The summed E-state index contributed by atoms with van der Waals surface area (Å²) >= 11 is 0. The minimum Gasteiger partial charge on any atom is -0.481 e. The molecule has 0 aromatic heterocycles. The largest absolute Gasteiger partial charge is 0.481 e. The summed E-state index contributed by atoms with van der Waals surface area (Å²) in [6.07, 6.45) is 16.2. The van der Waals surface area contributed by atoms with Crippen molar-refractivity contribution < 1.29 is 29.1 Å². The summed E-state index contributed by atoms with van der Waals surface area (Å²) in [5.74, 6) is -2.32. The highest BCUT2D eigenvalue weighted by Gasteiger charge is 2.85.